The lowest BCUT2D eigenvalue weighted by molar-refractivity contribution is -0.192. The van der Waals surface area contributed by atoms with Crippen LogP contribution in [0.1, 0.15) is 21.5 Å². The highest BCUT2D eigenvalue weighted by Crippen LogP contribution is 2.23. The largest absolute Gasteiger partial charge is 0.490 e. The summed E-state index contributed by atoms with van der Waals surface area (Å²) >= 11 is 0. The molecule has 2 aromatic carbocycles. The van der Waals surface area contributed by atoms with Crippen LogP contribution in [0.3, 0.4) is 0 Å². The van der Waals surface area contributed by atoms with E-state index in [1.165, 1.54) is 30.0 Å². The molecular formula is C27H29F6N7O8. The van der Waals surface area contributed by atoms with Crippen molar-refractivity contribution < 1.29 is 60.5 Å². The molecule has 262 valence electrons. The van der Waals surface area contributed by atoms with Crippen molar-refractivity contribution in [3.05, 3.63) is 75.7 Å². The molecule has 1 heterocycles. The molecule has 0 spiro atoms. The summed E-state index contributed by atoms with van der Waals surface area (Å²) in [5.74, 6) is -3.74. The van der Waals surface area contributed by atoms with Crippen molar-refractivity contribution in [2.75, 3.05) is 25.2 Å². The molecule has 1 aromatic heterocycles. The van der Waals surface area contributed by atoms with Gasteiger partial charge >= 0.3 is 24.8 Å². The number of nitrogens with two attached hydrogens (primary N) is 2. The van der Waals surface area contributed by atoms with Gasteiger partial charge in [0.05, 0.1) is 24.6 Å². The second kappa shape index (κ2) is 20.1. The number of carboxylic acid groups (broad SMARTS) is 2. The predicted molar refractivity (Wildman–Crippen MR) is 158 cm³/mol. The topological polar surface area (TPSA) is 253 Å². The molecule has 0 atom stereocenters. The maximum absolute atomic E-state index is 13.0. The Kier molecular flexibility index (Phi) is 17.5. The standard InChI is InChI=1S/C23H25N7O4.C2HF3O2.CHF3.CH2O2/c1-27-21-22(32)30(12-19(31)28-10-13-3-5-14(6-4-13)20(25)26)18(11-29-21)15-7-16(23(33)34-2)9-17(24)8-15;3-2(4,5)1(6)7;2-1(3)4;2-1-3/h3-9,11H,10,12,24H2,1-2H3,(H3,25,26)(H,27,29)(H,28,31);(H,6,7);1H;1H,(H,2,3). The number of nitrogens with zero attached hydrogens (tertiary/aromatic N) is 2. The number of benzene rings is 2. The zero-order chi connectivity index (χ0) is 37.2. The number of carboxylic acids is 1. The van der Waals surface area contributed by atoms with Gasteiger partial charge in [-0.3, -0.25) is 24.4 Å². The van der Waals surface area contributed by atoms with Crippen LogP contribution >= 0.6 is 0 Å². The second-order valence-corrected chi connectivity index (χ2v) is 8.51. The first-order chi connectivity index (χ1) is 22.3. The number of anilines is 2. The first-order valence-corrected chi connectivity index (χ1v) is 12.6. The van der Waals surface area contributed by atoms with E-state index in [0.29, 0.717) is 16.8 Å². The van der Waals surface area contributed by atoms with Gasteiger partial charge in [-0.25, -0.2) is 14.6 Å². The number of esters is 1. The van der Waals surface area contributed by atoms with Crippen LogP contribution in [0.4, 0.5) is 37.8 Å². The van der Waals surface area contributed by atoms with Gasteiger partial charge < -0.3 is 37.1 Å². The number of hydrogen-bond acceptors (Lipinski definition) is 10. The van der Waals surface area contributed by atoms with Crippen molar-refractivity contribution in [2.45, 2.75) is 25.9 Å². The molecule has 0 radical (unpaired) electrons. The number of carbonyl (C=O) groups is 4. The Labute approximate surface area is 266 Å². The number of alkyl halides is 6. The maximum Gasteiger partial charge on any atom is 0.490 e. The molecule has 1 amide bonds. The fourth-order valence-corrected chi connectivity index (χ4v) is 3.28. The Morgan fingerprint density at radius 3 is 2.06 bits per heavy atom. The van der Waals surface area contributed by atoms with Gasteiger partial charge in [0.2, 0.25) is 5.91 Å². The predicted octanol–water partition coefficient (Wildman–Crippen LogP) is 2.43. The van der Waals surface area contributed by atoms with Crippen LogP contribution in [0.2, 0.25) is 0 Å². The summed E-state index contributed by atoms with van der Waals surface area (Å²) in [6.07, 6.45) is -3.66. The molecule has 3 rings (SSSR count). The number of aliphatic carboxylic acids is 1. The molecule has 0 saturated heterocycles. The molecule has 0 fully saturated rings. The third kappa shape index (κ3) is 14.8. The van der Waals surface area contributed by atoms with E-state index < -0.39 is 36.3 Å². The van der Waals surface area contributed by atoms with E-state index in [4.69, 9.17) is 41.4 Å². The molecule has 48 heavy (non-hydrogen) atoms. The van der Waals surface area contributed by atoms with Crippen LogP contribution in [0.15, 0.2) is 53.5 Å². The maximum atomic E-state index is 13.0. The van der Waals surface area contributed by atoms with Crippen molar-refractivity contribution in [1.82, 2.24) is 14.9 Å². The van der Waals surface area contributed by atoms with Crippen molar-refractivity contribution in [3.63, 3.8) is 0 Å². The lowest BCUT2D eigenvalue weighted by atomic mass is 10.1. The summed E-state index contributed by atoms with van der Waals surface area (Å²) in [5.41, 5.74) is 13.5. The minimum absolute atomic E-state index is 0.0441. The monoisotopic (exact) mass is 693 g/mol. The van der Waals surface area contributed by atoms with E-state index in [1.807, 2.05) is 0 Å². The molecule has 0 unspecified atom stereocenters. The molecule has 21 heteroatoms. The lowest BCUT2D eigenvalue weighted by Gasteiger charge is -2.15. The van der Waals surface area contributed by atoms with Crippen molar-refractivity contribution >= 4 is 41.7 Å². The van der Waals surface area contributed by atoms with Gasteiger partial charge in [0, 0.05) is 30.4 Å². The van der Waals surface area contributed by atoms with E-state index in [2.05, 4.69) is 15.6 Å². The summed E-state index contributed by atoms with van der Waals surface area (Å²) in [7, 11) is 2.80. The first kappa shape index (κ1) is 41.8. The molecule has 3 aromatic rings. The fourth-order valence-electron chi connectivity index (χ4n) is 3.28. The SMILES string of the molecule is CNc1ncc(-c2cc(N)cc(C(=O)OC)c2)n(CC(=O)NCc2ccc(C(=N)N)cc2)c1=O.FC(F)F.O=C(O)C(F)(F)F.O=CO. The highest BCUT2D eigenvalue weighted by atomic mass is 19.4. The molecular weight excluding hydrogens is 664 g/mol. The summed E-state index contributed by atoms with van der Waals surface area (Å²) in [5, 5.41) is 26.9. The van der Waals surface area contributed by atoms with Gasteiger partial charge in [-0.15, -0.1) is 0 Å². The normalized spacial score (nSPS) is 10.0. The average Bonchev–Trinajstić information content (AvgIpc) is 3.00. The number of carbonyl (C=O) groups excluding carboxylic acids is 2. The van der Waals surface area contributed by atoms with Gasteiger partial charge in [0.1, 0.15) is 12.4 Å². The zero-order valence-electron chi connectivity index (χ0n) is 24.8. The second-order valence-electron chi connectivity index (χ2n) is 8.51. The van der Waals surface area contributed by atoms with Crippen LogP contribution in [-0.2, 0) is 32.2 Å². The number of amides is 1. The summed E-state index contributed by atoms with van der Waals surface area (Å²) in [6, 6.07) is 11.4. The van der Waals surface area contributed by atoms with Crippen molar-refractivity contribution in [2.24, 2.45) is 5.73 Å². The summed E-state index contributed by atoms with van der Waals surface area (Å²) < 4.78 is 66.7. The van der Waals surface area contributed by atoms with Crippen LogP contribution in [0.25, 0.3) is 11.3 Å². The Balaban J connectivity index is 0.00000133. The number of amidine groups is 1. The minimum atomic E-state index is -5.08. The van der Waals surface area contributed by atoms with Gasteiger partial charge in [-0.2, -0.15) is 26.3 Å². The first-order valence-electron chi connectivity index (χ1n) is 12.6. The number of nitrogens with one attached hydrogen (secondary N) is 3. The van der Waals surface area contributed by atoms with Crippen LogP contribution in [0, 0.1) is 5.41 Å². The Morgan fingerprint density at radius 1 is 1.10 bits per heavy atom. The summed E-state index contributed by atoms with van der Waals surface area (Å²) in [4.78, 5) is 59.1. The Bertz CT molecular complexity index is 1610. The molecule has 0 bridgehead atoms. The third-order valence-electron chi connectivity index (χ3n) is 5.26. The number of ether oxygens (including phenoxy) is 1. The molecule has 0 saturated carbocycles. The number of halogens is 6. The number of aromatic nitrogens is 2. The average molecular weight is 694 g/mol. The molecule has 0 aliphatic heterocycles. The van der Waals surface area contributed by atoms with E-state index in [1.54, 1.807) is 37.4 Å². The highest BCUT2D eigenvalue weighted by Gasteiger charge is 2.38. The highest BCUT2D eigenvalue weighted by molar-refractivity contribution is 5.95. The smallest absolute Gasteiger partial charge is 0.483 e. The van der Waals surface area contributed by atoms with E-state index >= 15 is 0 Å². The molecule has 15 nitrogen and oxygen atoms in total. The number of methoxy groups -OCH3 is 1. The lowest BCUT2D eigenvalue weighted by Crippen LogP contribution is -2.34. The fraction of sp³-hybridized carbons (Fsp3) is 0.222. The van der Waals surface area contributed by atoms with Gasteiger partial charge in [-0.05, 0) is 23.8 Å². The third-order valence-corrected chi connectivity index (χ3v) is 5.26. The molecule has 0 aliphatic rings. The quantitative estimate of drug-likeness (QED) is 0.0449. The minimum Gasteiger partial charge on any atom is -0.483 e. The molecule has 0 aliphatic carbocycles. The number of hydrogen-bond donors (Lipinski definition) is 7. The Hall–Kier alpha value is -6.15. The van der Waals surface area contributed by atoms with Gasteiger partial charge in [0.15, 0.2) is 5.82 Å². The van der Waals surface area contributed by atoms with E-state index in [9.17, 15) is 40.7 Å². The summed E-state index contributed by atoms with van der Waals surface area (Å²) in [6.45, 7) is -3.99. The van der Waals surface area contributed by atoms with Crippen LogP contribution < -0.4 is 27.7 Å². The van der Waals surface area contributed by atoms with E-state index in [0.717, 1.165) is 5.56 Å². The van der Waals surface area contributed by atoms with Crippen molar-refractivity contribution in [3.8, 4) is 11.3 Å². The van der Waals surface area contributed by atoms with Crippen LogP contribution in [0.5, 0.6) is 0 Å². The van der Waals surface area contributed by atoms with Crippen LogP contribution in [-0.4, -0.2) is 76.9 Å². The zero-order valence-corrected chi connectivity index (χ0v) is 24.8. The van der Waals surface area contributed by atoms with Gasteiger partial charge in [0.25, 0.3) is 12.0 Å². The number of nitrogen functional groups attached to an aromatic ring is 2. The molecule has 9 N–H and O–H groups in total. The Morgan fingerprint density at radius 2 is 1.62 bits per heavy atom. The van der Waals surface area contributed by atoms with Gasteiger partial charge in [-0.1, -0.05) is 24.3 Å². The van der Waals surface area contributed by atoms with Crippen molar-refractivity contribution in [1.29, 1.82) is 5.41 Å². The van der Waals surface area contributed by atoms with E-state index in [-0.39, 0.29) is 42.5 Å². The number of rotatable bonds is 8.